The first-order chi connectivity index (χ1) is 10.2. The third-order valence-corrected chi connectivity index (χ3v) is 3.74. The normalized spacial score (nSPS) is 12.3. The summed E-state index contributed by atoms with van der Waals surface area (Å²) in [4.78, 5) is 0. The van der Waals surface area contributed by atoms with Gasteiger partial charge in [-0.1, -0.05) is 25.1 Å². The summed E-state index contributed by atoms with van der Waals surface area (Å²) in [5.41, 5.74) is 2.60. The molecule has 1 unspecified atom stereocenters. The number of aryl methyl sites for hydroxylation is 1. The average Bonchev–Trinajstić information content (AvgIpc) is 2.93. The SMILES string of the molecule is CCCn1cccc1CNC(C)Cc1ccccc1OC. The van der Waals surface area contributed by atoms with Gasteiger partial charge >= 0.3 is 0 Å². The van der Waals surface area contributed by atoms with Crippen LogP contribution in [0.5, 0.6) is 5.75 Å². The van der Waals surface area contributed by atoms with E-state index in [4.69, 9.17) is 4.74 Å². The molecule has 114 valence electrons. The van der Waals surface area contributed by atoms with Crippen molar-refractivity contribution < 1.29 is 4.74 Å². The van der Waals surface area contributed by atoms with Gasteiger partial charge in [-0.15, -0.1) is 0 Å². The molecule has 0 amide bonds. The third-order valence-electron chi connectivity index (χ3n) is 3.74. The van der Waals surface area contributed by atoms with Crippen molar-refractivity contribution in [2.24, 2.45) is 0 Å². The van der Waals surface area contributed by atoms with E-state index in [1.165, 1.54) is 17.7 Å². The molecule has 0 aliphatic carbocycles. The summed E-state index contributed by atoms with van der Waals surface area (Å²) < 4.78 is 7.74. The maximum Gasteiger partial charge on any atom is 0.122 e. The Bertz CT molecular complexity index is 548. The van der Waals surface area contributed by atoms with Crippen LogP contribution in [0.2, 0.25) is 0 Å². The van der Waals surface area contributed by atoms with Crippen molar-refractivity contribution in [3.63, 3.8) is 0 Å². The zero-order chi connectivity index (χ0) is 15.1. The van der Waals surface area contributed by atoms with E-state index < -0.39 is 0 Å². The van der Waals surface area contributed by atoms with E-state index in [2.05, 4.69) is 54.2 Å². The maximum atomic E-state index is 5.42. The van der Waals surface area contributed by atoms with Crippen molar-refractivity contribution in [3.05, 3.63) is 53.9 Å². The molecule has 21 heavy (non-hydrogen) atoms. The fourth-order valence-electron chi connectivity index (χ4n) is 2.62. The first-order valence-electron chi connectivity index (χ1n) is 7.74. The predicted molar refractivity (Wildman–Crippen MR) is 87.7 cm³/mol. The van der Waals surface area contributed by atoms with Gasteiger partial charge in [0.2, 0.25) is 0 Å². The molecule has 0 saturated heterocycles. The lowest BCUT2D eigenvalue weighted by molar-refractivity contribution is 0.405. The Kier molecular flexibility index (Phi) is 5.88. The highest BCUT2D eigenvalue weighted by molar-refractivity contribution is 5.33. The fourth-order valence-corrected chi connectivity index (χ4v) is 2.62. The minimum absolute atomic E-state index is 0.409. The van der Waals surface area contributed by atoms with Gasteiger partial charge < -0.3 is 14.6 Å². The number of nitrogens with one attached hydrogen (secondary N) is 1. The van der Waals surface area contributed by atoms with Crippen molar-refractivity contribution in [1.82, 2.24) is 9.88 Å². The molecule has 3 nitrogen and oxygen atoms in total. The van der Waals surface area contributed by atoms with Gasteiger partial charge in [0, 0.05) is 31.0 Å². The standard InChI is InChI=1S/C18H26N2O/c1-4-11-20-12-7-9-17(20)14-19-15(2)13-16-8-5-6-10-18(16)21-3/h5-10,12,15,19H,4,11,13-14H2,1-3H3. The smallest absolute Gasteiger partial charge is 0.122 e. The summed E-state index contributed by atoms with van der Waals surface area (Å²) in [7, 11) is 1.73. The Labute approximate surface area is 127 Å². The zero-order valence-electron chi connectivity index (χ0n) is 13.3. The van der Waals surface area contributed by atoms with Crippen LogP contribution in [0.25, 0.3) is 0 Å². The number of para-hydroxylation sites is 1. The predicted octanol–water partition coefficient (Wildman–Crippen LogP) is 3.63. The van der Waals surface area contributed by atoms with Crippen molar-refractivity contribution >= 4 is 0 Å². The molecule has 1 atom stereocenters. The monoisotopic (exact) mass is 286 g/mol. The van der Waals surface area contributed by atoms with Crippen LogP contribution >= 0.6 is 0 Å². The second-order valence-electron chi connectivity index (χ2n) is 5.49. The van der Waals surface area contributed by atoms with Crippen LogP contribution in [0.4, 0.5) is 0 Å². The number of ether oxygens (including phenoxy) is 1. The van der Waals surface area contributed by atoms with E-state index >= 15 is 0 Å². The van der Waals surface area contributed by atoms with Crippen LogP contribution < -0.4 is 10.1 Å². The first-order valence-corrected chi connectivity index (χ1v) is 7.74. The van der Waals surface area contributed by atoms with E-state index in [9.17, 15) is 0 Å². The topological polar surface area (TPSA) is 26.2 Å². The number of rotatable bonds is 8. The molecule has 1 N–H and O–H groups in total. The molecule has 1 aromatic carbocycles. The summed E-state index contributed by atoms with van der Waals surface area (Å²) in [6.45, 7) is 6.43. The Morgan fingerprint density at radius 1 is 1.19 bits per heavy atom. The lowest BCUT2D eigenvalue weighted by Crippen LogP contribution is -2.28. The van der Waals surface area contributed by atoms with Crippen LogP contribution in [0.15, 0.2) is 42.6 Å². The van der Waals surface area contributed by atoms with Crippen molar-refractivity contribution in [1.29, 1.82) is 0 Å². The van der Waals surface area contributed by atoms with Crippen LogP contribution in [-0.4, -0.2) is 17.7 Å². The second kappa shape index (κ2) is 7.89. The summed E-state index contributed by atoms with van der Waals surface area (Å²) in [5, 5.41) is 3.61. The van der Waals surface area contributed by atoms with Gasteiger partial charge in [-0.3, -0.25) is 0 Å². The molecule has 2 rings (SSSR count). The largest absolute Gasteiger partial charge is 0.496 e. The quantitative estimate of drug-likeness (QED) is 0.802. The molecule has 1 heterocycles. The molecule has 0 spiro atoms. The fraction of sp³-hybridized carbons (Fsp3) is 0.444. The lowest BCUT2D eigenvalue weighted by Gasteiger charge is -2.17. The molecule has 3 heteroatoms. The number of hydrogen-bond acceptors (Lipinski definition) is 2. The van der Waals surface area contributed by atoms with E-state index in [-0.39, 0.29) is 0 Å². The molecule has 0 fully saturated rings. The Morgan fingerprint density at radius 2 is 2.00 bits per heavy atom. The minimum Gasteiger partial charge on any atom is -0.496 e. The van der Waals surface area contributed by atoms with E-state index in [0.29, 0.717) is 6.04 Å². The first kappa shape index (κ1) is 15.6. The van der Waals surface area contributed by atoms with E-state index in [1.54, 1.807) is 7.11 Å². The molecule has 0 aliphatic rings. The number of aromatic nitrogens is 1. The number of nitrogens with zero attached hydrogens (tertiary/aromatic N) is 1. The molecular weight excluding hydrogens is 260 g/mol. The summed E-state index contributed by atoms with van der Waals surface area (Å²) in [6.07, 6.45) is 4.29. The van der Waals surface area contributed by atoms with Crippen molar-refractivity contribution in [2.75, 3.05) is 7.11 Å². The highest BCUT2D eigenvalue weighted by Crippen LogP contribution is 2.19. The molecule has 0 radical (unpaired) electrons. The van der Waals surface area contributed by atoms with Crippen LogP contribution in [0.3, 0.4) is 0 Å². The van der Waals surface area contributed by atoms with Gasteiger partial charge in [0.15, 0.2) is 0 Å². The number of hydrogen-bond donors (Lipinski definition) is 1. The Morgan fingerprint density at radius 3 is 2.76 bits per heavy atom. The van der Waals surface area contributed by atoms with Gasteiger partial charge in [0.25, 0.3) is 0 Å². The number of benzene rings is 1. The Hall–Kier alpha value is -1.74. The molecule has 0 saturated carbocycles. The minimum atomic E-state index is 0.409. The number of methoxy groups -OCH3 is 1. The summed E-state index contributed by atoms with van der Waals surface area (Å²) in [5.74, 6) is 0.973. The molecule has 1 aromatic heterocycles. The third kappa shape index (κ3) is 4.36. The zero-order valence-corrected chi connectivity index (χ0v) is 13.3. The van der Waals surface area contributed by atoms with Gasteiger partial charge in [0.05, 0.1) is 7.11 Å². The van der Waals surface area contributed by atoms with Gasteiger partial charge in [-0.05, 0) is 43.5 Å². The summed E-state index contributed by atoms with van der Waals surface area (Å²) >= 11 is 0. The van der Waals surface area contributed by atoms with Gasteiger partial charge in [0.1, 0.15) is 5.75 Å². The maximum absolute atomic E-state index is 5.42. The molecule has 0 bridgehead atoms. The highest BCUT2D eigenvalue weighted by atomic mass is 16.5. The van der Waals surface area contributed by atoms with Gasteiger partial charge in [-0.2, -0.15) is 0 Å². The molecule has 2 aromatic rings. The lowest BCUT2D eigenvalue weighted by atomic mass is 10.1. The highest BCUT2D eigenvalue weighted by Gasteiger charge is 2.08. The van der Waals surface area contributed by atoms with E-state index in [1.807, 2.05) is 12.1 Å². The van der Waals surface area contributed by atoms with Crippen molar-refractivity contribution in [2.45, 2.75) is 45.8 Å². The molecular formula is C18H26N2O. The average molecular weight is 286 g/mol. The Balaban J connectivity index is 1.90. The molecule has 0 aliphatic heterocycles. The van der Waals surface area contributed by atoms with Crippen LogP contribution in [-0.2, 0) is 19.5 Å². The summed E-state index contributed by atoms with van der Waals surface area (Å²) in [6, 6.07) is 13.0. The van der Waals surface area contributed by atoms with Crippen LogP contribution in [0.1, 0.15) is 31.5 Å². The van der Waals surface area contributed by atoms with Gasteiger partial charge in [-0.25, -0.2) is 0 Å². The van der Waals surface area contributed by atoms with E-state index in [0.717, 1.165) is 25.3 Å². The van der Waals surface area contributed by atoms with Crippen LogP contribution in [0, 0.1) is 0 Å². The second-order valence-corrected chi connectivity index (χ2v) is 5.49. The van der Waals surface area contributed by atoms with Crippen molar-refractivity contribution in [3.8, 4) is 5.75 Å².